The summed E-state index contributed by atoms with van der Waals surface area (Å²) >= 11 is 0. The molecule has 5 rings (SSSR count). The van der Waals surface area contributed by atoms with Gasteiger partial charge in [0.25, 0.3) is 0 Å². The number of benzene rings is 4. The maximum atomic E-state index is 11.8. The molecule has 0 saturated carbocycles. The molecule has 34 heavy (non-hydrogen) atoms. The Morgan fingerprint density at radius 2 is 1.26 bits per heavy atom. The Balaban J connectivity index is 1.37. The van der Waals surface area contributed by atoms with E-state index < -0.39 is 5.60 Å². The minimum absolute atomic E-state index is 0.557. The second-order valence-electron chi connectivity index (χ2n) is 8.95. The van der Waals surface area contributed by atoms with E-state index in [9.17, 15) is 5.11 Å². The fourth-order valence-electron chi connectivity index (χ4n) is 4.78. The standard InChI is InChI=1S/C32H29NO/c34-32(30-15-8-3-9-16-30,31-19-17-28(18-20-31)26-11-4-1-5-12-26)22-10-23-33-24-21-29(25-33)27-13-6-2-7-14-27/h1-9,11-20,29,34H,21,23-25H2/t29-,32-/m0/s1. The van der Waals surface area contributed by atoms with E-state index in [2.05, 4.69) is 71.3 Å². The van der Waals surface area contributed by atoms with Crippen molar-refractivity contribution in [1.82, 2.24) is 4.90 Å². The summed E-state index contributed by atoms with van der Waals surface area (Å²) < 4.78 is 0. The maximum absolute atomic E-state index is 11.8. The number of nitrogens with zero attached hydrogens (tertiary/aromatic N) is 1. The Hall–Kier alpha value is -3.64. The zero-order chi connectivity index (χ0) is 23.2. The van der Waals surface area contributed by atoms with Crippen LogP contribution in [0.3, 0.4) is 0 Å². The number of rotatable bonds is 5. The Bertz CT molecular complexity index is 1260. The lowest BCUT2D eigenvalue weighted by Crippen LogP contribution is -2.26. The maximum Gasteiger partial charge on any atom is 0.176 e. The van der Waals surface area contributed by atoms with Crippen molar-refractivity contribution < 1.29 is 5.11 Å². The van der Waals surface area contributed by atoms with Crippen molar-refractivity contribution >= 4 is 0 Å². The minimum Gasteiger partial charge on any atom is -0.369 e. The highest BCUT2D eigenvalue weighted by molar-refractivity contribution is 5.64. The summed E-state index contributed by atoms with van der Waals surface area (Å²) in [5.74, 6) is 7.10. The molecule has 1 fully saturated rings. The molecule has 4 aromatic rings. The highest BCUT2D eigenvalue weighted by Gasteiger charge is 2.29. The third kappa shape index (κ3) is 4.82. The van der Waals surface area contributed by atoms with Crippen molar-refractivity contribution in [2.45, 2.75) is 17.9 Å². The van der Waals surface area contributed by atoms with Crippen molar-refractivity contribution in [2.24, 2.45) is 0 Å². The number of hydrogen-bond acceptors (Lipinski definition) is 2. The summed E-state index contributed by atoms with van der Waals surface area (Å²) in [4.78, 5) is 2.38. The molecule has 4 aromatic carbocycles. The summed E-state index contributed by atoms with van der Waals surface area (Å²) in [7, 11) is 0. The molecule has 1 N–H and O–H groups in total. The number of hydrogen-bond donors (Lipinski definition) is 1. The molecule has 0 amide bonds. The Labute approximate surface area is 202 Å². The molecule has 0 unspecified atom stereocenters. The van der Waals surface area contributed by atoms with Crippen LogP contribution in [0.4, 0.5) is 0 Å². The molecule has 0 aromatic heterocycles. The molecular weight excluding hydrogens is 414 g/mol. The average Bonchev–Trinajstić information content (AvgIpc) is 3.39. The first kappa shape index (κ1) is 22.2. The zero-order valence-electron chi connectivity index (χ0n) is 19.3. The summed E-state index contributed by atoms with van der Waals surface area (Å²) in [6.07, 6.45) is 1.15. The molecule has 1 heterocycles. The molecule has 168 valence electrons. The van der Waals surface area contributed by atoms with Gasteiger partial charge in [-0.25, -0.2) is 0 Å². The van der Waals surface area contributed by atoms with Crippen LogP contribution < -0.4 is 0 Å². The van der Waals surface area contributed by atoms with E-state index in [-0.39, 0.29) is 0 Å². The van der Waals surface area contributed by atoms with Crippen molar-refractivity contribution in [1.29, 1.82) is 0 Å². The zero-order valence-corrected chi connectivity index (χ0v) is 19.3. The lowest BCUT2D eigenvalue weighted by atomic mass is 9.86. The van der Waals surface area contributed by atoms with Crippen LogP contribution in [0.25, 0.3) is 11.1 Å². The Kier molecular flexibility index (Phi) is 6.58. The third-order valence-corrected chi connectivity index (χ3v) is 6.72. The molecule has 0 spiro atoms. The van der Waals surface area contributed by atoms with Gasteiger partial charge >= 0.3 is 0 Å². The van der Waals surface area contributed by atoms with E-state index in [4.69, 9.17) is 0 Å². The van der Waals surface area contributed by atoms with Gasteiger partial charge in [-0.15, -0.1) is 0 Å². The molecule has 0 radical (unpaired) electrons. The SMILES string of the molecule is O[C@@](C#CCN1CC[C@H](c2ccccc2)C1)(c1ccccc1)c1ccc(-c2ccccc2)cc1. The lowest BCUT2D eigenvalue weighted by Gasteiger charge is -2.24. The van der Waals surface area contributed by atoms with Gasteiger partial charge in [-0.2, -0.15) is 0 Å². The first-order valence-electron chi connectivity index (χ1n) is 11.9. The van der Waals surface area contributed by atoms with Gasteiger partial charge in [0.05, 0.1) is 6.54 Å². The van der Waals surface area contributed by atoms with E-state index in [1.165, 1.54) is 5.56 Å². The van der Waals surface area contributed by atoms with Crippen LogP contribution in [0.2, 0.25) is 0 Å². The topological polar surface area (TPSA) is 23.5 Å². The van der Waals surface area contributed by atoms with Crippen LogP contribution in [0.15, 0.2) is 115 Å². The molecule has 2 atom stereocenters. The van der Waals surface area contributed by atoms with E-state index >= 15 is 0 Å². The fourth-order valence-corrected chi connectivity index (χ4v) is 4.78. The van der Waals surface area contributed by atoms with Crippen LogP contribution in [-0.2, 0) is 5.60 Å². The van der Waals surface area contributed by atoms with Crippen LogP contribution in [0.1, 0.15) is 29.0 Å². The Morgan fingerprint density at radius 3 is 1.94 bits per heavy atom. The second kappa shape index (κ2) is 10.1. The molecule has 1 aliphatic heterocycles. The van der Waals surface area contributed by atoms with Crippen molar-refractivity contribution in [3.63, 3.8) is 0 Å². The van der Waals surface area contributed by atoms with Gasteiger partial charge in [-0.1, -0.05) is 127 Å². The van der Waals surface area contributed by atoms with Gasteiger partial charge in [0.15, 0.2) is 5.60 Å². The van der Waals surface area contributed by atoms with E-state index in [1.807, 2.05) is 60.7 Å². The highest BCUT2D eigenvalue weighted by Crippen LogP contribution is 2.31. The van der Waals surface area contributed by atoms with Crippen LogP contribution in [-0.4, -0.2) is 29.6 Å². The largest absolute Gasteiger partial charge is 0.369 e. The predicted octanol–water partition coefficient (Wildman–Crippen LogP) is 6.08. The first-order valence-corrected chi connectivity index (χ1v) is 11.9. The minimum atomic E-state index is -1.35. The number of likely N-dealkylation sites (tertiary alicyclic amines) is 1. The van der Waals surface area contributed by atoms with Gasteiger partial charge in [-0.05, 0) is 35.6 Å². The normalized spacial score (nSPS) is 17.5. The first-order chi connectivity index (χ1) is 16.7. The smallest absolute Gasteiger partial charge is 0.176 e. The van der Waals surface area contributed by atoms with Gasteiger partial charge in [0, 0.05) is 17.7 Å². The van der Waals surface area contributed by atoms with E-state index in [0.717, 1.165) is 41.8 Å². The summed E-state index contributed by atoms with van der Waals surface area (Å²) in [5, 5.41) is 11.8. The molecule has 0 aliphatic carbocycles. The predicted molar refractivity (Wildman–Crippen MR) is 139 cm³/mol. The van der Waals surface area contributed by atoms with Crippen molar-refractivity contribution in [2.75, 3.05) is 19.6 Å². The second-order valence-corrected chi connectivity index (χ2v) is 8.95. The Morgan fingerprint density at radius 1 is 0.706 bits per heavy atom. The molecule has 2 heteroatoms. The summed E-state index contributed by atoms with van der Waals surface area (Å²) in [6, 6.07) is 38.9. The van der Waals surface area contributed by atoms with Crippen LogP contribution in [0, 0.1) is 11.8 Å². The average molecular weight is 444 g/mol. The van der Waals surface area contributed by atoms with Gasteiger partial charge in [-0.3, -0.25) is 4.90 Å². The van der Waals surface area contributed by atoms with Gasteiger partial charge in [0.2, 0.25) is 0 Å². The third-order valence-electron chi connectivity index (χ3n) is 6.72. The summed E-state index contributed by atoms with van der Waals surface area (Å²) in [6.45, 7) is 2.69. The quantitative estimate of drug-likeness (QED) is 0.378. The van der Waals surface area contributed by atoms with Crippen molar-refractivity contribution in [3.8, 4) is 23.0 Å². The monoisotopic (exact) mass is 443 g/mol. The molecule has 1 aliphatic rings. The summed E-state index contributed by atoms with van der Waals surface area (Å²) in [5.41, 5.74) is 3.90. The van der Waals surface area contributed by atoms with Crippen LogP contribution in [0.5, 0.6) is 0 Å². The number of aliphatic hydroxyl groups is 1. The molecule has 0 bridgehead atoms. The molecule has 2 nitrogen and oxygen atoms in total. The molecular formula is C32H29NO. The molecule has 1 saturated heterocycles. The van der Waals surface area contributed by atoms with E-state index in [0.29, 0.717) is 12.5 Å². The van der Waals surface area contributed by atoms with E-state index in [1.54, 1.807) is 0 Å². The van der Waals surface area contributed by atoms with Gasteiger partial charge < -0.3 is 5.11 Å². The van der Waals surface area contributed by atoms with Crippen LogP contribution >= 0.6 is 0 Å². The van der Waals surface area contributed by atoms with Crippen molar-refractivity contribution in [3.05, 3.63) is 132 Å². The fraction of sp³-hybridized carbons (Fsp3) is 0.188. The lowest BCUT2D eigenvalue weighted by molar-refractivity contribution is 0.145. The van der Waals surface area contributed by atoms with Gasteiger partial charge in [0.1, 0.15) is 0 Å². The highest BCUT2D eigenvalue weighted by atomic mass is 16.3.